The zero-order valence-corrected chi connectivity index (χ0v) is 10.5. The third-order valence-corrected chi connectivity index (χ3v) is 3.48. The van der Waals surface area contributed by atoms with Crippen molar-refractivity contribution < 1.29 is 9.72 Å². The molecule has 6 nitrogen and oxygen atoms in total. The lowest BCUT2D eigenvalue weighted by molar-refractivity contribution is -0.384. The second-order valence-electron chi connectivity index (χ2n) is 4.83. The molecule has 1 saturated carbocycles. The molecule has 0 aliphatic heterocycles. The highest BCUT2D eigenvalue weighted by Gasteiger charge is 2.23. The number of amides is 1. The molecule has 1 aromatic rings. The van der Waals surface area contributed by atoms with E-state index in [0.717, 1.165) is 25.7 Å². The van der Waals surface area contributed by atoms with Crippen LogP contribution < -0.4 is 11.1 Å². The number of hydrogen-bond donors (Lipinski definition) is 2. The number of nitro benzene ring substituents is 1. The van der Waals surface area contributed by atoms with Crippen LogP contribution in [-0.2, 0) is 0 Å². The summed E-state index contributed by atoms with van der Waals surface area (Å²) in [6, 6.07) is 5.57. The van der Waals surface area contributed by atoms with Crippen LogP contribution in [0.4, 0.5) is 5.69 Å². The maximum atomic E-state index is 12.0. The minimum atomic E-state index is -0.487. The maximum absolute atomic E-state index is 12.0. The first kappa shape index (κ1) is 13.5. The van der Waals surface area contributed by atoms with Crippen LogP contribution in [0.3, 0.4) is 0 Å². The second kappa shape index (κ2) is 5.79. The van der Waals surface area contributed by atoms with Crippen LogP contribution in [0.1, 0.15) is 36.0 Å². The Hall–Kier alpha value is -1.95. The average Bonchev–Trinajstić information content (AvgIpc) is 2.41. The van der Waals surface area contributed by atoms with E-state index in [1.165, 1.54) is 24.3 Å². The number of carbonyl (C=O) groups is 1. The van der Waals surface area contributed by atoms with Crippen molar-refractivity contribution in [3.8, 4) is 0 Å². The number of rotatable bonds is 3. The average molecular weight is 263 g/mol. The highest BCUT2D eigenvalue weighted by molar-refractivity contribution is 5.94. The Morgan fingerprint density at radius 1 is 1.26 bits per heavy atom. The fourth-order valence-corrected chi connectivity index (χ4v) is 2.32. The van der Waals surface area contributed by atoms with Crippen molar-refractivity contribution in [1.82, 2.24) is 5.32 Å². The first-order valence-electron chi connectivity index (χ1n) is 6.39. The summed E-state index contributed by atoms with van der Waals surface area (Å²) in [5.74, 6) is -0.225. The Kier molecular flexibility index (Phi) is 4.11. The third-order valence-electron chi connectivity index (χ3n) is 3.48. The summed E-state index contributed by atoms with van der Waals surface area (Å²) in [5.41, 5.74) is 6.36. The predicted molar refractivity (Wildman–Crippen MR) is 70.8 cm³/mol. The predicted octanol–water partition coefficient (Wildman–Crippen LogP) is 1.59. The molecular weight excluding hydrogens is 246 g/mol. The van der Waals surface area contributed by atoms with Gasteiger partial charge in [0.25, 0.3) is 11.6 Å². The summed E-state index contributed by atoms with van der Waals surface area (Å²) in [6.07, 6.45) is 3.98. The molecule has 1 fully saturated rings. The summed E-state index contributed by atoms with van der Waals surface area (Å²) >= 11 is 0. The van der Waals surface area contributed by atoms with Gasteiger partial charge in [-0.25, -0.2) is 0 Å². The van der Waals surface area contributed by atoms with Crippen molar-refractivity contribution >= 4 is 11.6 Å². The topological polar surface area (TPSA) is 98.3 Å². The van der Waals surface area contributed by atoms with Gasteiger partial charge < -0.3 is 11.1 Å². The molecule has 2 rings (SSSR count). The molecule has 0 spiro atoms. The number of nitro groups is 1. The van der Waals surface area contributed by atoms with E-state index in [1.807, 2.05) is 0 Å². The number of carbonyl (C=O) groups excluding carboxylic acids is 1. The van der Waals surface area contributed by atoms with Gasteiger partial charge in [0.2, 0.25) is 0 Å². The second-order valence-corrected chi connectivity index (χ2v) is 4.83. The molecule has 3 N–H and O–H groups in total. The molecule has 1 aromatic carbocycles. The molecule has 0 heterocycles. The van der Waals surface area contributed by atoms with Crippen LogP contribution in [0.25, 0.3) is 0 Å². The third kappa shape index (κ3) is 3.29. The zero-order chi connectivity index (χ0) is 13.8. The van der Waals surface area contributed by atoms with Gasteiger partial charge in [0.05, 0.1) is 4.92 Å². The number of nitrogens with two attached hydrogens (primary N) is 1. The Labute approximate surface area is 111 Å². The number of nitrogens with zero attached hydrogens (tertiary/aromatic N) is 1. The molecule has 2 atom stereocenters. The quantitative estimate of drug-likeness (QED) is 0.639. The zero-order valence-electron chi connectivity index (χ0n) is 10.5. The Balaban J connectivity index is 2.01. The van der Waals surface area contributed by atoms with Crippen LogP contribution >= 0.6 is 0 Å². The molecule has 19 heavy (non-hydrogen) atoms. The van der Waals surface area contributed by atoms with Crippen LogP contribution in [0.5, 0.6) is 0 Å². The minimum Gasteiger partial charge on any atom is -0.348 e. The largest absolute Gasteiger partial charge is 0.348 e. The SMILES string of the molecule is N[C@@H]1CCCC[C@H]1NC(=O)c1ccc([N+](=O)[O-])cc1. The van der Waals surface area contributed by atoms with Crippen molar-refractivity contribution in [2.24, 2.45) is 5.73 Å². The Morgan fingerprint density at radius 3 is 2.47 bits per heavy atom. The summed E-state index contributed by atoms with van der Waals surface area (Å²) in [4.78, 5) is 22.0. The molecule has 6 heteroatoms. The van der Waals surface area contributed by atoms with Crippen molar-refractivity contribution in [2.75, 3.05) is 0 Å². The van der Waals surface area contributed by atoms with Gasteiger partial charge in [0, 0.05) is 29.8 Å². The summed E-state index contributed by atoms with van der Waals surface area (Å²) in [5, 5.41) is 13.4. The maximum Gasteiger partial charge on any atom is 0.269 e. The minimum absolute atomic E-state index is 0.00329. The smallest absolute Gasteiger partial charge is 0.269 e. The van der Waals surface area contributed by atoms with E-state index in [9.17, 15) is 14.9 Å². The van der Waals surface area contributed by atoms with Gasteiger partial charge in [-0.2, -0.15) is 0 Å². The molecule has 1 aliphatic rings. The number of nitrogens with one attached hydrogen (secondary N) is 1. The van der Waals surface area contributed by atoms with Gasteiger partial charge in [-0.3, -0.25) is 14.9 Å². The molecular formula is C13H17N3O3. The van der Waals surface area contributed by atoms with Crippen molar-refractivity contribution in [2.45, 2.75) is 37.8 Å². The number of hydrogen-bond acceptors (Lipinski definition) is 4. The van der Waals surface area contributed by atoms with Crippen LogP contribution in [0, 0.1) is 10.1 Å². The van der Waals surface area contributed by atoms with E-state index >= 15 is 0 Å². The first-order chi connectivity index (χ1) is 9.08. The number of non-ortho nitro benzene ring substituents is 1. The summed E-state index contributed by atoms with van der Waals surface area (Å²) in [7, 11) is 0. The Bertz CT molecular complexity index is 473. The highest BCUT2D eigenvalue weighted by atomic mass is 16.6. The molecule has 1 aliphatic carbocycles. The van der Waals surface area contributed by atoms with E-state index in [-0.39, 0.29) is 23.7 Å². The molecule has 102 valence electrons. The van der Waals surface area contributed by atoms with E-state index < -0.39 is 4.92 Å². The van der Waals surface area contributed by atoms with Crippen LogP contribution in [0.2, 0.25) is 0 Å². The molecule has 0 radical (unpaired) electrons. The normalized spacial score (nSPS) is 22.8. The molecule has 0 unspecified atom stereocenters. The Morgan fingerprint density at radius 2 is 1.89 bits per heavy atom. The fraction of sp³-hybridized carbons (Fsp3) is 0.462. The van der Waals surface area contributed by atoms with Gasteiger partial charge in [-0.15, -0.1) is 0 Å². The lowest BCUT2D eigenvalue weighted by atomic mass is 9.91. The molecule has 1 amide bonds. The van der Waals surface area contributed by atoms with E-state index in [2.05, 4.69) is 5.32 Å². The van der Waals surface area contributed by atoms with Crippen molar-refractivity contribution in [1.29, 1.82) is 0 Å². The molecule has 0 saturated heterocycles. The summed E-state index contributed by atoms with van der Waals surface area (Å²) in [6.45, 7) is 0. The van der Waals surface area contributed by atoms with Crippen molar-refractivity contribution in [3.63, 3.8) is 0 Å². The van der Waals surface area contributed by atoms with Gasteiger partial charge in [0.15, 0.2) is 0 Å². The lowest BCUT2D eigenvalue weighted by Crippen LogP contribution is -2.49. The monoisotopic (exact) mass is 263 g/mol. The fourth-order valence-electron chi connectivity index (χ4n) is 2.32. The van der Waals surface area contributed by atoms with Gasteiger partial charge in [-0.1, -0.05) is 12.8 Å². The van der Waals surface area contributed by atoms with E-state index in [0.29, 0.717) is 5.56 Å². The first-order valence-corrected chi connectivity index (χ1v) is 6.39. The van der Waals surface area contributed by atoms with Gasteiger partial charge >= 0.3 is 0 Å². The van der Waals surface area contributed by atoms with Crippen LogP contribution in [-0.4, -0.2) is 22.9 Å². The molecule has 0 aromatic heterocycles. The number of benzene rings is 1. The lowest BCUT2D eigenvalue weighted by Gasteiger charge is -2.29. The van der Waals surface area contributed by atoms with Gasteiger partial charge in [0.1, 0.15) is 0 Å². The standard InChI is InChI=1S/C13H17N3O3/c14-11-3-1-2-4-12(11)15-13(17)9-5-7-10(8-6-9)16(18)19/h5-8,11-12H,1-4,14H2,(H,15,17)/t11-,12-/m1/s1. The van der Waals surface area contributed by atoms with E-state index in [4.69, 9.17) is 5.73 Å². The molecule has 0 bridgehead atoms. The van der Waals surface area contributed by atoms with Crippen LogP contribution in [0.15, 0.2) is 24.3 Å². The van der Waals surface area contributed by atoms with Gasteiger partial charge in [-0.05, 0) is 25.0 Å². The summed E-state index contributed by atoms with van der Waals surface area (Å²) < 4.78 is 0. The van der Waals surface area contributed by atoms with Crippen molar-refractivity contribution in [3.05, 3.63) is 39.9 Å². The van der Waals surface area contributed by atoms with E-state index in [1.54, 1.807) is 0 Å². The highest BCUT2D eigenvalue weighted by Crippen LogP contribution is 2.18.